The first-order chi connectivity index (χ1) is 16.6. The normalized spacial score (nSPS) is 22.9. The van der Waals surface area contributed by atoms with E-state index >= 15 is 0 Å². The summed E-state index contributed by atoms with van der Waals surface area (Å²) >= 11 is 1.66. The van der Waals surface area contributed by atoms with Crippen LogP contribution in [0.1, 0.15) is 37.4 Å². The van der Waals surface area contributed by atoms with E-state index in [1.807, 2.05) is 19.9 Å². The van der Waals surface area contributed by atoms with Crippen LogP contribution in [0.3, 0.4) is 0 Å². The van der Waals surface area contributed by atoms with E-state index in [2.05, 4.69) is 39.7 Å². The number of hydrogen-bond donors (Lipinski definition) is 3. The molecule has 2 bridgehead atoms. The van der Waals surface area contributed by atoms with Crippen LogP contribution in [0.2, 0.25) is 0 Å². The van der Waals surface area contributed by atoms with E-state index in [0.29, 0.717) is 31.6 Å². The number of nitrogens with one attached hydrogen (secondary N) is 2. The van der Waals surface area contributed by atoms with E-state index in [1.54, 1.807) is 26.0 Å². The number of thioether (sulfide) groups is 1. The minimum atomic E-state index is 0.0303. The van der Waals surface area contributed by atoms with Crippen LogP contribution < -0.4 is 10.6 Å². The van der Waals surface area contributed by atoms with Crippen molar-refractivity contribution >= 4 is 28.6 Å². The fraction of sp³-hybridized carbons (Fsp3) is 0.560. The van der Waals surface area contributed by atoms with Gasteiger partial charge >= 0.3 is 0 Å². The molecule has 0 spiro atoms. The van der Waals surface area contributed by atoms with Crippen LogP contribution in [0.25, 0.3) is 0 Å². The summed E-state index contributed by atoms with van der Waals surface area (Å²) in [5, 5.41) is 17.4. The third-order valence-corrected chi connectivity index (χ3v) is 6.68. The molecule has 34 heavy (non-hydrogen) atoms. The van der Waals surface area contributed by atoms with Crippen molar-refractivity contribution in [1.82, 2.24) is 9.97 Å². The molecule has 4 rings (SSSR count). The van der Waals surface area contributed by atoms with E-state index in [-0.39, 0.29) is 18.7 Å². The molecule has 2 aliphatic carbocycles. The largest absolute Gasteiger partial charge is 0.396 e. The predicted octanol–water partition coefficient (Wildman–Crippen LogP) is 3.94. The summed E-state index contributed by atoms with van der Waals surface area (Å²) in [7, 11) is 3.25. The fourth-order valence-electron chi connectivity index (χ4n) is 4.10. The number of aromatic nitrogens is 2. The molecule has 3 atom stereocenters. The number of rotatable bonds is 9. The van der Waals surface area contributed by atoms with Gasteiger partial charge in [-0.05, 0) is 51.2 Å². The zero-order chi connectivity index (χ0) is 24.3. The second-order valence-corrected chi connectivity index (χ2v) is 9.49. The van der Waals surface area contributed by atoms with Gasteiger partial charge in [-0.25, -0.2) is 4.98 Å². The number of ether oxygens (including phenoxy) is 2. The van der Waals surface area contributed by atoms with Gasteiger partial charge in [0.1, 0.15) is 10.9 Å². The highest BCUT2D eigenvalue weighted by Gasteiger charge is 2.28. The molecule has 1 aromatic rings. The smallest absolute Gasteiger partial charge is 0.224 e. The lowest BCUT2D eigenvalue weighted by atomic mass is 10.1. The average molecular weight is 488 g/mol. The first kappa shape index (κ1) is 26.4. The Balaban J connectivity index is 0.00000103. The third kappa shape index (κ3) is 7.40. The summed E-state index contributed by atoms with van der Waals surface area (Å²) < 4.78 is 9.67. The van der Waals surface area contributed by atoms with Gasteiger partial charge in [-0.3, -0.25) is 4.99 Å². The monoisotopic (exact) mass is 487 g/mol. The number of methoxy groups -OCH3 is 1. The minimum Gasteiger partial charge on any atom is -0.396 e. The lowest BCUT2D eigenvalue weighted by Crippen LogP contribution is -2.22. The van der Waals surface area contributed by atoms with Crippen molar-refractivity contribution < 1.29 is 14.6 Å². The van der Waals surface area contributed by atoms with E-state index in [1.165, 1.54) is 4.91 Å². The molecule has 0 radical (unpaired) electrons. The maximum absolute atomic E-state index is 9.54. The number of nitrogens with zero attached hydrogens (tertiary/aromatic N) is 3. The summed E-state index contributed by atoms with van der Waals surface area (Å²) in [5.74, 6) is 1.77. The summed E-state index contributed by atoms with van der Waals surface area (Å²) in [6.45, 7) is 6.21. The fourth-order valence-corrected chi connectivity index (χ4v) is 5.20. The van der Waals surface area contributed by atoms with Crippen LogP contribution in [-0.4, -0.2) is 72.8 Å². The van der Waals surface area contributed by atoms with Gasteiger partial charge in [-0.15, -0.1) is 0 Å². The average Bonchev–Trinajstić information content (AvgIpc) is 3.20. The third-order valence-electron chi connectivity index (χ3n) is 5.67. The van der Waals surface area contributed by atoms with Crippen LogP contribution in [0.15, 0.2) is 40.3 Å². The maximum atomic E-state index is 9.54. The van der Waals surface area contributed by atoms with Gasteiger partial charge < -0.3 is 25.2 Å². The minimum absolute atomic E-state index is 0.0303. The Bertz CT molecular complexity index is 931. The molecule has 1 aromatic heterocycles. The number of aliphatic imine (C=N–C) groups is 1. The predicted molar refractivity (Wildman–Crippen MR) is 141 cm³/mol. The number of allylic oxidation sites excluding steroid dienone is 3. The molecule has 0 aromatic carbocycles. The number of hydrogen-bond acceptors (Lipinski definition) is 9. The van der Waals surface area contributed by atoms with Crippen molar-refractivity contribution in [3.05, 3.63) is 46.5 Å². The van der Waals surface area contributed by atoms with Gasteiger partial charge in [0.15, 0.2) is 0 Å². The molecule has 9 heteroatoms. The van der Waals surface area contributed by atoms with Gasteiger partial charge in [0, 0.05) is 44.9 Å². The number of fused-ring (bicyclic) bond motifs is 1. The van der Waals surface area contributed by atoms with Gasteiger partial charge in [0.2, 0.25) is 5.95 Å². The van der Waals surface area contributed by atoms with Crippen LogP contribution in [0, 0.1) is 12.8 Å². The lowest BCUT2D eigenvalue weighted by molar-refractivity contribution is 0.158. The summed E-state index contributed by atoms with van der Waals surface area (Å²) in [6, 6.07) is 0.319. The molecule has 1 saturated carbocycles. The molecule has 3 unspecified atom stereocenters. The van der Waals surface area contributed by atoms with Crippen LogP contribution >= 0.6 is 11.8 Å². The Kier molecular flexibility index (Phi) is 10.6. The van der Waals surface area contributed by atoms with Crippen LogP contribution in [-0.2, 0) is 9.47 Å². The van der Waals surface area contributed by atoms with Gasteiger partial charge in [-0.2, -0.15) is 4.98 Å². The Morgan fingerprint density at radius 2 is 2.03 bits per heavy atom. The molecular weight excluding hydrogens is 450 g/mol. The van der Waals surface area contributed by atoms with Crippen molar-refractivity contribution in [1.29, 1.82) is 0 Å². The van der Waals surface area contributed by atoms with Crippen molar-refractivity contribution in [3.63, 3.8) is 0 Å². The zero-order valence-corrected chi connectivity index (χ0v) is 21.4. The molecular formula is C25H37N5O3S. The number of aliphatic hydroxyl groups excluding tert-OH is 1. The lowest BCUT2D eigenvalue weighted by Gasteiger charge is -2.22. The van der Waals surface area contributed by atoms with Gasteiger partial charge in [0.25, 0.3) is 0 Å². The molecule has 1 fully saturated rings. The molecule has 1 aliphatic heterocycles. The van der Waals surface area contributed by atoms with Crippen molar-refractivity contribution in [2.75, 3.05) is 51.2 Å². The summed E-state index contributed by atoms with van der Waals surface area (Å²) in [4.78, 5) is 15.7. The van der Waals surface area contributed by atoms with Crippen molar-refractivity contribution in [2.45, 2.75) is 45.2 Å². The molecule has 0 amide bonds. The highest BCUT2D eigenvalue weighted by molar-refractivity contribution is 8.17. The quantitative estimate of drug-likeness (QED) is 0.450. The number of aliphatic hydroxyl groups is 1. The molecule has 3 N–H and O–H groups in total. The maximum Gasteiger partial charge on any atom is 0.224 e. The second kappa shape index (κ2) is 13.6. The molecule has 3 aliphatic rings. The number of anilines is 2. The summed E-state index contributed by atoms with van der Waals surface area (Å²) in [6.07, 6.45) is 13.5. The second-order valence-electron chi connectivity index (χ2n) is 8.43. The first-order valence-electron chi connectivity index (χ1n) is 11.9. The highest BCUT2D eigenvalue weighted by atomic mass is 32.2. The standard InChI is InChI=1S/C23H31N5O2S.C2H6O/c1-3-30-11-10-24-23-25-15(2)20(21(28-23)26-18-9-8-16(12-18)14-29)22-27-17-6-4-5-7-19(13-17)31-22;1-3-2/h4-7,13,16-18,29H,3,8-12,14H2,1-2H3,(H2,24,25,26,28);1-2H3. The van der Waals surface area contributed by atoms with Gasteiger partial charge in [0.05, 0.1) is 23.9 Å². The van der Waals surface area contributed by atoms with Crippen LogP contribution in [0.5, 0.6) is 0 Å². The zero-order valence-electron chi connectivity index (χ0n) is 20.6. The first-order valence-corrected chi connectivity index (χ1v) is 12.7. The molecule has 8 nitrogen and oxygen atoms in total. The van der Waals surface area contributed by atoms with E-state index in [9.17, 15) is 5.11 Å². The molecule has 0 saturated heterocycles. The Hall–Kier alpha value is -2.20. The van der Waals surface area contributed by atoms with Crippen LogP contribution in [0.4, 0.5) is 11.8 Å². The van der Waals surface area contributed by atoms with E-state index in [0.717, 1.165) is 41.4 Å². The van der Waals surface area contributed by atoms with E-state index < -0.39 is 0 Å². The Morgan fingerprint density at radius 1 is 1.21 bits per heavy atom. The van der Waals surface area contributed by atoms with Gasteiger partial charge in [-0.1, -0.05) is 30.0 Å². The SMILES string of the molecule is CCOCCNc1nc(C)c(C2=NC3C=CC=CC(=C3)S2)c(NC2CCC(CO)C2)n1.COC. The molecule has 186 valence electrons. The topological polar surface area (TPSA) is 101 Å². The van der Waals surface area contributed by atoms with Crippen molar-refractivity contribution in [2.24, 2.45) is 10.9 Å². The Morgan fingerprint density at radius 3 is 2.76 bits per heavy atom. The van der Waals surface area contributed by atoms with Crippen molar-refractivity contribution in [3.8, 4) is 0 Å². The Labute approximate surface area is 207 Å². The highest BCUT2D eigenvalue weighted by Crippen LogP contribution is 2.36. The summed E-state index contributed by atoms with van der Waals surface area (Å²) in [5.41, 5.74) is 1.86. The molecule has 2 heterocycles. The van der Waals surface area contributed by atoms with E-state index in [4.69, 9.17) is 19.7 Å². The number of aryl methyl sites for hydroxylation is 1.